The van der Waals surface area contributed by atoms with Crippen LogP contribution >= 0.6 is 0 Å². The van der Waals surface area contributed by atoms with Crippen molar-refractivity contribution in [2.75, 3.05) is 53.0 Å². The van der Waals surface area contributed by atoms with Crippen molar-refractivity contribution in [2.45, 2.75) is 26.5 Å². The van der Waals surface area contributed by atoms with Crippen LogP contribution < -0.4 is 15.4 Å². The van der Waals surface area contributed by atoms with Gasteiger partial charge in [-0.1, -0.05) is 43.3 Å². The molecule has 8 nitrogen and oxygen atoms in total. The van der Waals surface area contributed by atoms with Gasteiger partial charge in [0.2, 0.25) is 0 Å². The first-order valence-electron chi connectivity index (χ1n) is 15.2. The zero-order valence-electron chi connectivity index (χ0n) is 27.5. The third kappa shape index (κ3) is 9.05. The molecule has 234 valence electrons. The average Bonchev–Trinajstić information content (AvgIpc) is 3.00. The molecule has 0 bridgehead atoms. The zero-order chi connectivity index (χ0) is 32.8. The third-order valence-electron chi connectivity index (χ3n) is 7.57. The molecule has 0 aliphatic heterocycles. The van der Waals surface area contributed by atoms with Crippen molar-refractivity contribution in [1.29, 1.82) is 0 Å². The fourth-order valence-electron chi connectivity index (χ4n) is 5.74. The lowest BCUT2D eigenvalue weighted by Crippen LogP contribution is -2.56. The second-order valence-corrected chi connectivity index (χ2v) is 13.1. The van der Waals surface area contributed by atoms with E-state index in [2.05, 4.69) is 52.8 Å². The van der Waals surface area contributed by atoms with E-state index in [4.69, 9.17) is 4.74 Å². The molecule has 4 rings (SSSR count). The van der Waals surface area contributed by atoms with Crippen LogP contribution in [0.2, 0.25) is 0 Å². The van der Waals surface area contributed by atoms with Crippen molar-refractivity contribution in [3.05, 3.63) is 113 Å². The lowest BCUT2D eigenvalue weighted by molar-refractivity contribution is -0.888. The Morgan fingerprint density at radius 1 is 0.733 bits per heavy atom. The average molecular weight is 609 g/mol. The number of aryl methyl sites for hydroxylation is 1. The van der Waals surface area contributed by atoms with Crippen LogP contribution in [0.15, 0.2) is 84.9 Å². The van der Waals surface area contributed by atoms with Crippen molar-refractivity contribution in [1.82, 2.24) is 0 Å². The number of hydrogen-bond acceptors (Lipinski definition) is 4. The Bertz CT molecular complexity index is 1650. The molecule has 0 aliphatic carbocycles. The maximum atomic E-state index is 13.1. The van der Waals surface area contributed by atoms with Crippen molar-refractivity contribution < 1.29 is 28.2 Å². The molecule has 0 fully saturated rings. The molecule has 2 amide bonds. The van der Waals surface area contributed by atoms with Gasteiger partial charge in [0.05, 0.1) is 61.2 Å². The fourth-order valence-corrected chi connectivity index (χ4v) is 5.74. The molecule has 0 atom stereocenters. The maximum Gasteiger partial charge on any atom is 0.657 e. The number of carbonyl (C=O) groups is 2. The Hall–Kier alpha value is -4.44. The van der Waals surface area contributed by atoms with Crippen LogP contribution in [-0.4, -0.2) is 75.6 Å². The number of quaternary nitrogens is 2. The number of benzene rings is 4. The highest BCUT2D eigenvalue weighted by Crippen LogP contribution is 2.33. The first kappa shape index (κ1) is 33.5. The van der Waals surface area contributed by atoms with Crippen molar-refractivity contribution in [3.63, 3.8) is 0 Å². The zero-order valence-corrected chi connectivity index (χ0v) is 27.5. The largest absolute Gasteiger partial charge is 0.657 e. The SMILES string of the molecule is CCc1ccc(C(=O)Nc2ccc(-c3ccc(NC(=O)c4ccc(C[N+](C)(C)B[N+](C)(C)C)cc4)c(CO)c3)cc2OC)cc1. The van der Waals surface area contributed by atoms with Crippen LogP contribution in [0, 0.1) is 0 Å². The van der Waals surface area contributed by atoms with Gasteiger partial charge in [-0.3, -0.25) is 9.59 Å². The van der Waals surface area contributed by atoms with Gasteiger partial charge in [-0.15, -0.1) is 0 Å². The minimum absolute atomic E-state index is 0.219. The van der Waals surface area contributed by atoms with E-state index in [1.165, 1.54) is 5.56 Å². The molecule has 0 spiro atoms. The smallest absolute Gasteiger partial charge is 0.495 e. The number of anilines is 2. The number of methoxy groups -OCH3 is 1. The van der Waals surface area contributed by atoms with E-state index < -0.39 is 0 Å². The number of aliphatic hydroxyl groups excluding tert-OH is 1. The summed E-state index contributed by atoms with van der Waals surface area (Å²) in [6.07, 6.45) is 0.909. The number of amides is 2. The van der Waals surface area contributed by atoms with Gasteiger partial charge in [-0.2, -0.15) is 0 Å². The summed E-state index contributed by atoms with van der Waals surface area (Å²) < 4.78 is 7.29. The van der Waals surface area contributed by atoms with Gasteiger partial charge in [0.1, 0.15) is 5.75 Å². The minimum Gasteiger partial charge on any atom is -0.495 e. The molecule has 9 heteroatoms. The van der Waals surface area contributed by atoms with Crippen molar-refractivity contribution in [2.24, 2.45) is 0 Å². The van der Waals surface area contributed by atoms with Crippen LogP contribution in [0.1, 0.15) is 44.3 Å². The summed E-state index contributed by atoms with van der Waals surface area (Å²) >= 11 is 0. The molecule has 0 aliphatic rings. The van der Waals surface area contributed by atoms with Gasteiger partial charge in [0.15, 0.2) is 0 Å². The number of nitrogens with one attached hydrogen (secondary N) is 2. The number of carbonyl (C=O) groups excluding carboxylic acids is 2. The number of nitrogens with zero attached hydrogens (tertiary/aromatic N) is 2. The molecule has 3 N–H and O–H groups in total. The molecule has 4 aromatic carbocycles. The van der Waals surface area contributed by atoms with Crippen LogP contribution in [0.4, 0.5) is 11.4 Å². The van der Waals surface area contributed by atoms with Gasteiger partial charge in [-0.25, -0.2) is 0 Å². The first-order valence-corrected chi connectivity index (χ1v) is 15.2. The Morgan fingerprint density at radius 3 is 1.76 bits per heavy atom. The molecular formula is C36H45BN4O4+2. The highest BCUT2D eigenvalue weighted by atomic mass is 16.5. The van der Waals surface area contributed by atoms with E-state index in [0.29, 0.717) is 33.8 Å². The van der Waals surface area contributed by atoms with E-state index in [1.807, 2.05) is 72.8 Å². The summed E-state index contributed by atoms with van der Waals surface area (Å²) in [5.41, 5.74) is 6.81. The van der Waals surface area contributed by atoms with Crippen LogP contribution in [0.25, 0.3) is 11.1 Å². The number of hydrogen-bond donors (Lipinski definition) is 3. The highest BCUT2D eigenvalue weighted by Gasteiger charge is 2.31. The van der Waals surface area contributed by atoms with E-state index in [-0.39, 0.29) is 18.4 Å². The highest BCUT2D eigenvalue weighted by molar-refractivity contribution is 6.16. The summed E-state index contributed by atoms with van der Waals surface area (Å²) in [7, 11) is 13.5. The maximum absolute atomic E-state index is 13.1. The molecule has 0 saturated carbocycles. The lowest BCUT2D eigenvalue weighted by Gasteiger charge is -2.34. The molecule has 0 aromatic heterocycles. The quantitative estimate of drug-likeness (QED) is 0.186. The van der Waals surface area contributed by atoms with Gasteiger partial charge in [-0.05, 0) is 71.6 Å². The van der Waals surface area contributed by atoms with E-state index >= 15 is 0 Å². The first-order chi connectivity index (χ1) is 21.3. The van der Waals surface area contributed by atoms with E-state index in [9.17, 15) is 14.7 Å². The van der Waals surface area contributed by atoms with Crippen molar-refractivity contribution in [3.8, 4) is 16.9 Å². The molecule has 45 heavy (non-hydrogen) atoms. The van der Waals surface area contributed by atoms with Crippen LogP contribution in [-0.2, 0) is 19.6 Å². The molecule has 4 aromatic rings. The Balaban J connectivity index is 1.46. The fraction of sp³-hybridized carbons (Fsp3) is 0.278. The summed E-state index contributed by atoms with van der Waals surface area (Å²) in [5.74, 6) is 0.0520. The second kappa shape index (κ2) is 14.1. The Kier molecular flexibility index (Phi) is 10.5. The number of aliphatic hydroxyl groups is 1. The van der Waals surface area contributed by atoms with Crippen LogP contribution in [0.5, 0.6) is 5.75 Å². The summed E-state index contributed by atoms with van der Waals surface area (Å²) in [6.45, 7) is 2.69. The third-order valence-corrected chi connectivity index (χ3v) is 7.57. The summed E-state index contributed by atoms with van der Waals surface area (Å²) in [5, 5.41) is 16.0. The predicted octanol–water partition coefficient (Wildman–Crippen LogP) is 5.47. The van der Waals surface area contributed by atoms with Crippen LogP contribution in [0.3, 0.4) is 0 Å². The van der Waals surface area contributed by atoms with Gasteiger partial charge in [0, 0.05) is 27.9 Å². The Labute approximate surface area is 267 Å². The normalized spacial score (nSPS) is 11.6. The van der Waals surface area contributed by atoms with E-state index in [0.717, 1.165) is 46.0 Å². The monoisotopic (exact) mass is 608 g/mol. The second-order valence-electron chi connectivity index (χ2n) is 13.1. The topological polar surface area (TPSA) is 87.7 Å². The summed E-state index contributed by atoms with van der Waals surface area (Å²) in [6, 6.07) is 26.3. The molecule has 0 radical (unpaired) electrons. The number of ether oxygens (including phenoxy) is 1. The standard InChI is InChI=1S/C36H43BN4O4/c1-8-25-9-13-27(14-10-25)36(44)39-33-20-18-30(22-34(33)45-7)29-17-19-32(31(21-29)24-42)38-35(43)28-15-11-26(12-16-28)23-41(5,6)37-40(2,3)4/h9-22,37,42H,8,23-24H2,1-7H3/p+2. The molecule has 0 heterocycles. The van der Waals surface area contributed by atoms with Gasteiger partial charge < -0.3 is 29.3 Å². The summed E-state index contributed by atoms with van der Waals surface area (Å²) in [4.78, 5) is 25.9. The van der Waals surface area contributed by atoms with E-state index in [1.54, 1.807) is 19.2 Å². The molecule has 0 unspecified atom stereocenters. The lowest BCUT2D eigenvalue weighted by atomic mass is 9.97. The molecular weight excluding hydrogens is 563 g/mol. The predicted molar refractivity (Wildman–Crippen MR) is 184 cm³/mol. The Morgan fingerprint density at radius 2 is 1.24 bits per heavy atom. The minimum atomic E-state index is -0.246. The number of rotatable bonds is 12. The molecule has 0 saturated heterocycles. The van der Waals surface area contributed by atoms with Crippen molar-refractivity contribution >= 4 is 30.7 Å². The van der Waals surface area contributed by atoms with Gasteiger partial charge >= 0.3 is 7.55 Å². The van der Waals surface area contributed by atoms with Gasteiger partial charge in [0.25, 0.3) is 11.8 Å².